The maximum atomic E-state index is 13.0. The number of rotatable bonds is 4. The smallest absolute Gasteiger partial charge is 0.255 e. The molecule has 0 aromatic carbocycles. The van der Waals surface area contributed by atoms with E-state index in [9.17, 15) is 14.0 Å². The fraction of sp³-hybridized carbons (Fsp3) is 0.182. The minimum atomic E-state index is -0.718. The summed E-state index contributed by atoms with van der Waals surface area (Å²) in [6, 6.07) is 2.96. The minimum absolute atomic E-state index is 0.000413. The molecule has 2 heterocycles. The molecule has 1 aliphatic rings. The summed E-state index contributed by atoms with van der Waals surface area (Å²) in [4.78, 5) is 26.8. The second kappa shape index (κ2) is 4.73. The highest BCUT2D eigenvalue weighted by molar-refractivity contribution is 6.12. The first-order chi connectivity index (χ1) is 8.18. The largest absolute Gasteiger partial charge is 0.487 e. The topological polar surface area (TPSA) is 59.5 Å². The van der Waals surface area contributed by atoms with Crippen molar-refractivity contribution < 1.29 is 18.7 Å². The van der Waals surface area contributed by atoms with Gasteiger partial charge in [-0.05, 0) is 12.1 Å². The quantitative estimate of drug-likeness (QED) is 0.565. The van der Waals surface area contributed by atoms with E-state index in [1.54, 1.807) is 0 Å². The zero-order valence-electron chi connectivity index (χ0n) is 8.80. The maximum absolute atomic E-state index is 13.0. The lowest BCUT2D eigenvalue weighted by molar-refractivity contribution is -0.137. The number of pyridine rings is 1. The molecule has 0 radical (unpaired) electrons. The zero-order valence-corrected chi connectivity index (χ0v) is 8.80. The maximum Gasteiger partial charge on any atom is 0.255 e. The number of ether oxygens (including phenoxy) is 1. The molecule has 17 heavy (non-hydrogen) atoms. The molecule has 6 heteroatoms. The van der Waals surface area contributed by atoms with E-state index in [1.165, 1.54) is 30.5 Å². The molecular weight excluding hydrogens is 227 g/mol. The molecule has 0 bridgehead atoms. The van der Waals surface area contributed by atoms with Crippen molar-refractivity contribution in [1.29, 1.82) is 0 Å². The van der Waals surface area contributed by atoms with E-state index in [1.807, 2.05) is 0 Å². The van der Waals surface area contributed by atoms with Crippen LogP contribution in [0.5, 0.6) is 5.75 Å². The summed E-state index contributed by atoms with van der Waals surface area (Å²) >= 11 is 0. The number of nitrogens with zero attached hydrogens (tertiary/aromatic N) is 2. The average molecular weight is 236 g/mol. The SMILES string of the molecule is O=C1C=CC(=O)N1CCOc1cccnc1F. The van der Waals surface area contributed by atoms with Gasteiger partial charge in [-0.2, -0.15) is 4.39 Å². The Morgan fingerprint density at radius 3 is 2.65 bits per heavy atom. The molecule has 1 aliphatic heterocycles. The van der Waals surface area contributed by atoms with Crippen molar-refractivity contribution in [2.75, 3.05) is 13.2 Å². The average Bonchev–Trinajstić information content (AvgIpc) is 2.63. The van der Waals surface area contributed by atoms with Gasteiger partial charge in [0.2, 0.25) is 0 Å². The molecule has 0 saturated heterocycles. The number of hydrogen-bond donors (Lipinski definition) is 0. The van der Waals surface area contributed by atoms with Gasteiger partial charge in [-0.15, -0.1) is 0 Å². The molecule has 0 spiro atoms. The highest BCUT2D eigenvalue weighted by Crippen LogP contribution is 2.13. The number of carbonyl (C=O) groups excluding carboxylic acids is 2. The molecule has 5 nitrogen and oxygen atoms in total. The van der Waals surface area contributed by atoms with Gasteiger partial charge in [0.1, 0.15) is 6.61 Å². The van der Waals surface area contributed by atoms with E-state index in [2.05, 4.69) is 4.98 Å². The Morgan fingerprint density at radius 2 is 2.00 bits per heavy atom. The van der Waals surface area contributed by atoms with Crippen LogP contribution >= 0.6 is 0 Å². The van der Waals surface area contributed by atoms with Crippen molar-refractivity contribution in [3.8, 4) is 5.75 Å². The van der Waals surface area contributed by atoms with Gasteiger partial charge in [0, 0.05) is 18.3 Å². The van der Waals surface area contributed by atoms with Crippen LogP contribution in [-0.4, -0.2) is 34.8 Å². The first kappa shape index (κ1) is 11.3. The monoisotopic (exact) mass is 236 g/mol. The summed E-state index contributed by atoms with van der Waals surface area (Å²) in [6.45, 7) is 0.112. The first-order valence-corrected chi connectivity index (χ1v) is 4.95. The molecule has 0 aliphatic carbocycles. The summed E-state index contributed by atoms with van der Waals surface area (Å²) in [6.07, 6.45) is 3.68. The second-order valence-corrected chi connectivity index (χ2v) is 3.30. The van der Waals surface area contributed by atoms with Gasteiger partial charge in [0.15, 0.2) is 5.75 Å². The van der Waals surface area contributed by atoms with Crippen LogP contribution in [0.3, 0.4) is 0 Å². The molecule has 0 unspecified atom stereocenters. The van der Waals surface area contributed by atoms with Crippen LogP contribution in [-0.2, 0) is 9.59 Å². The fourth-order valence-corrected chi connectivity index (χ4v) is 1.38. The molecule has 88 valence electrons. The first-order valence-electron chi connectivity index (χ1n) is 4.95. The molecule has 0 N–H and O–H groups in total. The normalized spacial score (nSPS) is 14.5. The lowest BCUT2D eigenvalue weighted by Gasteiger charge is -2.14. The Labute approximate surface area is 96.5 Å². The van der Waals surface area contributed by atoms with Gasteiger partial charge in [0.25, 0.3) is 17.8 Å². The predicted octanol–water partition coefficient (Wildman–Crippen LogP) is 0.524. The molecule has 0 atom stereocenters. The summed E-state index contributed by atoms with van der Waals surface area (Å²) in [5.41, 5.74) is 0. The third-order valence-corrected chi connectivity index (χ3v) is 2.20. The Kier molecular flexibility index (Phi) is 3.13. The molecule has 2 rings (SSSR count). The Hall–Kier alpha value is -2.24. The van der Waals surface area contributed by atoms with Crippen LogP contribution in [0.15, 0.2) is 30.5 Å². The Bertz CT molecular complexity index is 469. The summed E-state index contributed by atoms with van der Waals surface area (Å²) in [5.74, 6) is -1.49. The van der Waals surface area contributed by atoms with Crippen molar-refractivity contribution in [2.45, 2.75) is 0 Å². The van der Waals surface area contributed by atoms with Crippen LogP contribution < -0.4 is 4.74 Å². The van der Waals surface area contributed by atoms with Gasteiger partial charge in [0.05, 0.1) is 6.54 Å². The van der Waals surface area contributed by atoms with Gasteiger partial charge in [-0.25, -0.2) is 4.98 Å². The summed E-state index contributed by atoms with van der Waals surface area (Å²) in [5, 5.41) is 0. The fourth-order valence-electron chi connectivity index (χ4n) is 1.38. The molecular formula is C11H9FN2O3. The van der Waals surface area contributed by atoms with Crippen molar-refractivity contribution >= 4 is 11.8 Å². The molecule has 1 aromatic rings. The van der Waals surface area contributed by atoms with Gasteiger partial charge in [-0.1, -0.05) is 0 Å². The van der Waals surface area contributed by atoms with E-state index in [0.717, 1.165) is 4.90 Å². The van der Waals surface area contributed by atoms with E-state index in [4.69, 9.17) is 4.74 Å². The third-order valence-electron chi connectivity index (χ3n) is 2.20. The van der Waals surface area contributed by atoms with Crippen molar-refractivity contribution in [2.24, 2.45) is 0 Å². The molecule has 1 aromatic heterocycles. The zero-order chi connectivity index (χ0) is 12.3. The van der Waals surface area contributed by atoms with Crippen LogP contribution in [0, 0.1) is 5.95 Å². The van der Waals surface area contributed by atoms with Crippen molar-refractivity contribution in [3.63, 3.8) is 0 Å². The summed E-state index contributed by atoms with van der Waals surface area (Å²) < 4.78 is 18.1. The Balaban J connectivity index is 1.86. The van der Waals surface area contributed by atoms with Crippen LogP contribution in [0.1, 0.15) is 0 Å². The van der Waals surface area contributed by atoms with E-state index in [-0.39, 0.29) is 30.7 Å². The molecule has 2 amide bonds. The highest BCUT2D eigenvalue weighted by atomic mass is 19.1. The van der Waals surface area contributed by atoms with Crippen molar-refractivity contribution in [1.82, 2.24) is 9.88 Å². The van der Waals surface area contributed by atoms with Crippen LogP contribution in [0.4, 0.5) is 4.39 Å². The Morgan fingerprint density at radius 1 is 1.29 bits per heavy atom. The van der Waals surface area contributed by atoms with E-state index in [0.29, 0.717) is 0 Å². The standard InChI is InChI=1S/C11H9FN2O3/c12-11-8(2-1-5-13-11)17-7-6-14-9(15)3-4-10(14)16/h1-5H,6-7H2. The molecule has 0 saturated carbocycles. The van der Waals surface area contributed by atoms with Gasteiger partial charge in [-0.3, -0.25) is 14.5 Å². The van der Waals surface area contributed by atoms with E-state index >= 15 is 0 Å². The number of hydrogen-bond acceptors (Lipinski definition) is 4. The highest BCUT2D eigenvalue weighted by Gasteiger charge is 2.22. The number of imide groups is 1. The van der Waals surface area contributed by atoms with Crippen LogP contribution in [0.25, 0.3) is 0 Å². The van der Waals surface area contributed by atoms with E-state index < -0.39 is 5.95 Å². The number of amides is 2. The number of halogens is 1. The molecule has 0 fully saturated rings. The summed E-state index contributed by atoms with van der Waals surface area (Å²) in [7, 11) is 0. The van der Waals surface area contributed by atoms with Gasteiger partial charge >= 0.3 is 0 Å². The lowest BCUT2D eigenvalue weighted by Crippen LogP contribution is -2.33. The lowest BCUT2D eigenvalue weighted by atomic mass is 10.4. The van der Waals surface area contributed by atoms with Gasteiger partial charge < -0.3 is 4.74 Å². The number of carbonyl (C=O) groups is 2. The van der Waals surface area contributed by atoms with Crippen LogP contribution in [0.2, 0.25) is 0 Å². The van der Waals surface area contributed by atoms with Crippen molar-refractivity contribution in [3.05, 3.63) is 36.4 Å². The number of aromatic nitrogens is 1. The second-order valence-electron chi connectivity index (χ2n) is 3.30. The minimum Gasteiger partial charge on any atom is -0.487 e. The third kappa shape index (κ3) is 2.47. The predicted molar refractivity (Wildman–Crippen MR) is 55.6 cm³/mol.